The van der Waals surface area contributed by atoms with Crippen LogP contribution in [0.2, 0.25) is 0 Å². The van der Waals surface area contributed by atoms with Crippen molar-refractivity contribution in [3.63, 3.8) is 0 Å². The van der Waals surface area contributed by atoms with Crippen molar-refractivity contribution < 1.29 is 18.9 Å². The molecule has 7 heavy (non-hydrogen) atoms. The molecule has 0 fully saturated rings. The third-order valence-electron chi connectivity index (χ3n) is 0.944. The molecule has 0 bridgehead atoms. The summed E-state index contributed by atoms with van der Waals surface area (Å²) in [5, 5.41) is 0. The van der Waals surface area contributed by atoms with Crippen molar-refractivity contribution in [1.29, 1.82) is 0 Å². The molecule has 0 unspecified atom stereocenters. The van der Waals surface area contributed by atoms with Crippen LogP contribution < -0.4 is 0 Å². The van der Waals surface area contributed by atoms with E-state index in [2.05, 4.69) is 37.1 Å². The molecule has 0 radical (unpaired) electrons. The molecule has 40 valence electrons. The number of rotatable bonds is 0. The molecule has 0 saturated carbocycles. The van der Waals surface area contributed by atoms with Crippen molar-refractivity contribution in [2.75, 3.05) is 0 Å². The Kier molecular flexibility index (Phi) is 1.84. The van der Waals surface area contributed by atoms with Gasteiger partial charge in [-0.05, 0) is 0 Å². The zero-order chi connectivity index (χ0) is 5.11. The van der Waals surface area contributed by atoms with E-state index in [-0.39, 0.29) is 0 Å². The van der Waals surface area contributed by atoms with Crippen LogP contribution in [0.15, 0.2) is 22.3 Å². The van der Waals surface area contributed by atoms with Crippen LogP contribution in [-0.4, -0.2) is 0 Å². The van der Waals surface area contributed by atoms with Crippen LogP contribution in [0.5, 0.6) is 0 Å². The molecule has 0 aromatic carbocycles. The van der Waals surface area contributed by atoms with Gasteiger partial charge in [0.2, 0.25) is 0 Å². The van der Waals surface area contributed by atoms with Gasteiger partial charge in [0.1, 0.15) is 0 Å². The first-order valence-electron chi connectivity index (χ1n) is 2.38. The molecule has 0 aromatic rings. The van der Waals surface area contributed by atoms with Crippen LogP contribution in [-0.2, 0) is 18.9 Å². The average Bonchev–Trinajstić information content (AvgIpc) is 1.69. The maximum absolute atomic E-state index is 2.20. The van der Waals surface area contributed by atoms with E-state index in [1.54, 1.807) is 0 Å². The normalized spacial score (nSPS) is 19.4. The summed E-state index contributed by atoms with van der Waals surface area (Å²) in [4.78, 5) is 0. The monoisotopic (exact) mass is 272 g/mol. The van der Waals surface area contributed by atoms with Crippen molar-refractivity contribution in [3.8, 4) is 0 Å². The molecular formula is C6H7Ir. The zero-order valence-electron chi connectivity index (χ0n) is 3.98. The quantitative estimate of drug-likeness (QED) is 0.630. The molecule has 1 heteroatoms. The molecule has 0 saturated heterocycles. The van der Waals surface area contributed by atoms with Crippen LogP contribution in [0.4, 0.5) is 0 Å². The third kappa shape index (κ3) is 1.58. The topological polar surface area (TPSA) is 0 Å². The van der Waals surface area contributed by atoms with E-state index in [9.17, 15) is 0 Å². The van der Waals surface area contributed by atoms with Crippen LogP contribution in [0, 0.1) is 0 Å². The summed E-state index contributed by atoms with van der Waals surface area (Å²) in [5.74, 6) is 0. The van der Waals surface area contributed by atoms with Gasteiger partial charge in [-0.1, -0.05) is 0 Å². The van der Waals surface area contributed by atoms with E-state index in [4.69, 9.17) is 0 Å². The first-order valence-corrected chi connectivity index (χ1v) is 3.58. The molecule has 0 atom stereocenters. The first-order chi connectivity index (χ1) is 3.39. The van der Waals surface area contributed by atoms with Crippen LogP contribution in [0.25, 0.3) is 0 Å². The van der Waals surface area contributed by atoms with Gasteiger partial charge in [0.15, 0.2) is 0 Å². The van der Waals surface area contributed by atoms with E-state index >= 15 is 0 Å². The van der Waals surface area contributed by atoms with Gasteiger partial charge in [0.25, 0.3) is 0 Å². The van der Waals surface area contributed by atoms with Crippen molar-refractivity contribution >= 4 is 0 Å². The Morgan fingerprint density at radius 1 is 1.57 bits per heavy atom. The fourth-order valence-corrected chi connectivity index (χ4v) is 1.14. The standard InChI is InChI=1S/C6H7.Ir/c1-2-4-6-5-3-1;/h1-3H,4,6H2;. The molecule has 0 heterocycles. The van der Waals surface area contributed by atoms with E-state index in [1.165, 1.54) is 16.9 Å². The molecule has 0 spiro atoms. The minimum absolute atomic E-state index is 1.24. The predicted octanol–water partition coefficient (Wildman–Crippen LogP) is 1.77. The summed E-state index contributed by atoms with van der Waals surface area (Å²) >= 11 is 2.17. The van der Waals surface area contributed by atoms with Crippen LogP contribution in [0.1, 0.15) is 12.8 Å². The summed E-state index contributed by atoms with van der Waals surface area (Å²) in [6, 6.07) is 0. The molecule has 0 N–H and O–H groups in total. The van der Waals surface area contributed by atoms with Gasteiger partial charge < -0.3 is 0 Å². The average molecular weight is 271 g/mol. The SMILES string of the molecule is [Ir][C]1=CC=CCC1. The fourth-order valence-electron chi connectivity index (χ4n) is 0.562. The van der Waals surface area contributed by atoms with E-state index in [0.717, 1.165) is 0 Å². The maximum atomic E-state index is 2.20. The van der Waals surface area contributed by atoms with Crippen molar-refractivity contribution in [2.24, 2.45) is 0 Å². The van der Waals surface area contributed by atoms with Gasteiger partial charge in [0.05, 0.1) is 0 Å². The summed E-state index contributed by atoms with van der Waals surface area (Å²) in [7, 11) is 0. The molecular weight excluding hydrogens is 264 g/mol. The molecule has 0 amide bonds. The Hall–Kier alpha value is 0.129. The second kappa shape index (κ2) is 2.44. The number of hydrogen-bond donors (Lipinski definition) is 0. The van der Waals surface area contributed by atoms with E-state index in [1.807, 2.05) is 0 Å². The summed E-state index contributed by atoms with van der Waals surface area (Å²) in [6.07, 6.45) is 8.99. The van der Waals surface area contributed by atoms with Gasteiger partial charge in [-0.2, -0.15) is 0 Å². The predicted molar refractivity (Wildman–Crippen MR) is 26.5 cm³/mol. The molecule has 0 aliphatic heterocycles. The Bertz CT molecular complexity index is 111. The second-order valence-electron chi connectivity index (χ2n) is 1.55. The summed E-state index contributed by atoms with van der Waals surface area (Å²) in [5.41, 5.74) is 0. The molecule has 1 rings (SSSR count). The molecule has 1 aliphatic carbocycles. The van der Waals surface area contributed by atoms with Gasteiger partial charge in [-0.25, -0.2) is 0 Å². The van der Waals surface area contributed by atoms with Crippen molar-refractivity contribution in [1.82, 2.24) is 0 Å². The Morgan fingerprint density at radius 2 is 2.43 bits per heavy atom. The number of hydrogen-bond acceptors (Lipinski definition) is 0. The summed E-state index contributed by atoms with van der Waals surface area (Å²) in [6.45, 7) is 0. The van der Waals surface area contributed by atoms with E-state index < -0.39 is 0 Å². The zero-order valence-corrected chi connectivity index (χ0v) is 6.37. The Morgan fingerprint density at radius 3 is 2.71 bits per heavy atom. The summed E-state index contributed by atoms with van der Waals surface area (Å²) < 4.78 is 1.50. The number of allylic oxidation sites excluding steroid dienone is 4. The molecule has 1 aliphatic rings. The molecule has 0 nitrogen and oxygen atoms in total. The second-order valence-corrected chi connectivity index (χ2v) is 3.09. The van der Waals surface area contributed by atoms with Gasteiger partial charge in [-0.15, -0.1) is 0 Å². The van der Waals surface area contributed by atoms with Gasteiger partial charge >= 0.3 is 54.1 Å². The van der Waals surface area contributed by atoms with Crippen molar-refractivity contribution in [2.45, 2.75) is 12.8 Å². The fraction of sp³-hybridized carbons (Fsp3) is 0.333. The first kappa shape index (κ1) is 5.27. The van der Waals surface area contributed by atoms with E-state index in [0.29, 0.717) is 0 Å². The van der Waals surface area contributed by atoms with Crippen molar-refractivity contribution in [3.05, 3.63) is 22.3 Å². The van der Waals surface area contributed by atoms with Gasteiger partial charge in [-0.3, -0.25) is 0 Å². The Balaban J connectivity index is 2.57. The van der Waals surface area contributed by atoms with Gasteiger partial charge in [0, 0.05) is 0 Å². The Labute approximate surface area is 54.5 Å². The van der Waals surface area contributed by atoms with Crippen LogP contribution in [0.3, 0.4) is 0 Å². The third-order valence-corrected chi connectivity index (χ3v) is 1.94. The minimum atomic E-state index is 1.24. The molecule has 0 aromatic heterocycles. The van der Waals surface area contributed by atoms with Crippen LogP contribution >= 0.6 is 0 Å².